The number of amides is 1. The fourth-order valence-electron chi connectivity index (χ4n) is 3.90. The number of likely N-dealkylation sites (tertiary alicyclic amines) is 1. The second kappa shape index (κ2) is 8.01. The molecule has 0 saturated carbocycles. The molecule has 0 atom stereocenters. The zero-order chi connectivity index (χ0) is 17.8. The zero-order valence-electron chi connectivity index (χ0n) is 15.1. The Labute approximate surface area is 154 Å². The number of nitrogens with zero attached hydrogens (tertiary/aromatic N) is 2. The summed E-state index contributed by atoms with van der Waals surface area (Å²) in [6.07, 6.45) is 4.01. The molecule has 1 fully saturated rings. The molecule has 0 spiro atoms. The normalized spacial score (nSPS) is 18.5. The summed E-state index contributed by atoms with van der Waals surface area (Å²) in [6.45, 7) is 4.84. The Morgan fingerprint density at radius 1 is 1.23 bits per heavy atom. The van der Waals surface area contributed by atoms with E-state index >= 15 is 0 Å². The molecule has 1 aromatic carbocycles. The summed E-state index contributed by atoms with van der Waals surface area (Å²) < 4.78 is 0. The quantitative estimate of drug-likeness (QED) is 0.762. The molecule has 0 unspecified atom stereocenters. The second-order valence-corrected chi connectivity index (χ2v) is 7.28. The molecule has 0 aliphatic carbocycles. The van der Waals surface area contributed by atoms with Crippen LogP contribution < -0.4 is 10.6 Å². The summed E-state index contributed by atoms with van der Waals surface area (Å²) in [5.74, 6) is -0.0334. The predicted octanol–water partition coefficient (Wildman–Crippen LogP) is 1.49. The summed E-state index contributed by atoms with van der Waals surface area (Å²) in [6, 6.07) is 10.9. The number of carbonyl (C=O) groups excluding carboxylic acids is 1. The van der Waals surface area contributed by atoms with Crippen molar-refractivity contribution in [2.45, 2.75) is 38.3 Å². The highest BCUT2D eigenvalue weighted by molar-refractivity contribution is 5.94. The van der Waals surface area contributed by atoms with E-state index in [1.807, 2.05) is 0 Å². The molecule has 1 aromatic heterocycles. The van der Waals surface area contributed by atoms with Gasteiger partial charge < -0.3 is 15.5 Å². The number of H-pyrrole nitrogens is 1. The van der Waals surface area contributed by atoms with Gasteiger partial charge in [-0.15, -0.1) is 0 Å². The number of piperidine rings is 1. The van der Waals surface area contributed by atoms with Crippen LogP contribution in [0, 0.1) is 0 Å². The van der Waals surface area contributed by atoms with Crippen LogP contribution in [-0.2, 0) is 19.4 Å². The van der Waals surface area contributed by atoms with Crippen LogP contribution in [0.4, 0.5) is 0 Å². The molecule has 3 heterocycles. The van der Waals surface area contributed by atoms with Crippen LogP contribution in [0.15, 0.2) is 30.3 Å². The topological polar surface area (TPSA) is 73.0 Å². The van der Waals surface area contributed by atoms with Gasteiger partial charge in [-0.3, -0.25) is 9.89 Å². The monoisotopic (exact) mass is 353 g/mol. The number of hydrogen-bond acceptors (Lipinski definition) is 4. The van der Waals surface area contributed by atoms with Gasteiger partial charge in [-0.05, 0) is 24.8 Å². The first-order valence-electron chi connectivity index (χ1n) is 9.63. The van der Waals surface area contributed by atoms with Crippen molar-refractivity contribution in [3.05, 3.63) is 52.8 Å². The van der Waals surface area contributed by atoms with Crippen LogP contribution >= 0.6 is 0 Å². The maximum Gasteiger partial charge on any atom is 0.272 e. The molecule has 0 bridgehead atoms. The lowest BCUT2D eigenvalue weighted by Gasteiger charge is -2.32. The average Bonchev–Trinajstić information content (AvgIpc) is 3.12. The SMILES string of the molecule is O=C(NC1CCN(CCc2ccccc2)CC1)c1n[nH]c2c1CNCC2. The first kappa shape index (κ1) is 17.2. The van der Waals surface area contributed by atoms with Crippen LogP contribution in [0.3, 0.4) is 0 Å². The number of aromatic amines is 1. The number of nitrogens with one attached hydrogen (secondary N) is 3. The molecule has 3 N–H and O–H groups in total. The standard InChI is InChI=1S/C20H27N5O/c26-20(19-17-14-21-10-6-18(17)23-24-19)22-16-8-12-25(13-9-16)11-7-15-4-2-1-3-5-15/h1-5,16,21H,6-14H2,(H,22,26)(H,23,24). The molecule has 1 saturated heterocycles. The van der Waals surface area contributed by atoms with Gasteiger partial charge >= 0.3 is 0 Å². The smallest absolute Gasteiger partial charge is 0.272 e. The second-order valence-electron chi connectivity index (χ2n) is 7.28. The van der Waals surface area contributed by atoms with Crippen LogP contribution in [-0.4, -0.2) is 53.2 Å². The van der Waals surface area contributed by atoms with Crippen molar-refractivity contribution in [3.8, 4) is 0 Å². The summed E-state index contributed by atoms with van der Waals surface area (Å²) >= 11 is 0. The molecule has 2 aliphatic rings. The number of fused-ring (bicyclic) bond motifs is 1. The van der Waals surface area contributed by atoms with Crippen molar-refractivity contribution in [3.63, 3.8) is 0 Å². The largest absolute Gasteiger partial charge is 0.348 e. The van der Waals surface area contributed by atoms with Gasteiger partial charge in [-0.1, -0.05) is 30.3 Å². The van der Waals surface area contributed by atoms with Gasteiger partial charge in [-0.2, -0.15) is 5.10 Å². The third kappa shape index (κ3) is 3.97. The van der Waals surface area contributed by atoms with Crippen molar-refractivity contribution >= 4 is 5.91 Å². The van der Waals surface area contributed by atoms with E-state index in [9.17, 15) is 4.79 Å². The molecular formula is C20H27N5O. The molecular weight excluding hydrogens is 326 g/mol. The van der Waals surface area contributed by atoms with E-state index in [0.717, 1.165) is 69.7 Å². The predicted molar refractivity (Wildman–Crippen MR) is 101 cm³/mol. The summed E-state index contributed by atoms with van der Waals surface area (Å²) in [7, 11) is 0. The Morgan fingerprint density at radius 2 is 2.04 bits per heavy atom. The maximum absolute atomic E-state index is 12.6. The van der Waals surface area contributed by atoms with E-state index in [-0.39, 0.29) is 11.9 Å². The molecule has 1 amide bonds. The Morgan fingerprint density at radius 3 is 2.85 bits per heavy atom. The number of carbonyl (C=O) groups is 1. The van der Waals surface area contributed by atoms with E-state index in [4.69, 9.17) is 0 Å². The first-order valence-corrected chi connectivity index (χ1v) is 9.63. The Kier molecular flexibility index (Phi) is 5.32. The summed E-state index contributed by atoms with van der Waals surface area (Å²) in [5.41, 5.74) is 4.09. The molecule has 0 radical (unpaired) electrons. The highest BCUT2D eigenvalue weighted by Crippen LogP contribution is 2.17. The highest BCUT2D eigenvalue weighted by Gasteiger charge is 2.25. The van der Waals surface area contributed by atoms with Gasteiger partial charge in [0, 0.05) is 56.4 Å². The third-order valence-electron chi connectivity index (χ3n) is 5.50. The van der Waals surface area contributed by atoms with E-state index in [2.05, 4.69) is 56.1 Å². The molecule has 138 valence electrons. The van der Waals surface area contributed by atoms with Gasteiger partial charge in [-0.25, -0.2) is 0 Å². The van der Waals surface area contributed by atoms with Crippen molar-refractivity contribution in [2.75, 3.05) is 26.2 Å². The lowest BCUT2D eigenvalue weighted by Crippen LogP contribution is -2.45. The fourth-order valence-corrected chi connectivity index (χ4v) is 3.90. The molecule has 6 nitrogen and oxygen atoms in total. The van der Waals surface area contributed by atoms with Crippen LogP contribution in [0.1, 0.15) is 40.2 Å². The third-order valence-corrected chi connectivity index (χ3v) is 5.50. The number of benzene rings is 1. The van der Waals surface area contributed by atoms with E-state index in [1.54, 1.807) is 0 Å². The van der Waals surface area contributed by atoms with Crippen LogP contribution in [0.5, 0.6) is 0 Å². The Bertz CT molecular complexity index is 734. The lowest BCUT2D eigenvalue weighted by atomic mass is 10.0. The summed E-state index contributed by atoms with van der Waals surface area (Å²) in [5, 5.41) is 13.8. The van der Waals surface area contributed by atoms with Gasteiger partial charge in [0.25, 0.3) is 5.91 Å². The van der Waals surface area contributed by atoms with Crippen LogP contribution in [0.2, 0.25) is 0 Å². The lowest BCUT2D eigenvalue weighted by molar-refractivity contribution is 0.0905. The fraction of sp³-hybridized carbons (Fsp3) is 0.500. The number of hydrogen-bond donors (Lipinski definition) is 3. The number of rotatable bonds is 5. The first-order chi connectivity index (χ1) is 12.8. The van der Waals surface area contributed by atoms with Gasteiger partial charge in [0.15, 0.2) is 5.69 Å². The molecule has 4 rings (SSSR count). The minimum Gasteiger partial charge on any atom is -0.348 e. The van der Waals surface area contributed by atoms with Crippen LogP contribution in [0.25, 0.3) is 0 Å². The van der Waals surface area contributed by atoms with Gasteiger partial charge in [0.2, 0.25) is 0 Å². The van der Waals surface area contributed by atoms with E-state index in [0.29, 0.717) is 5.69 Å². The highest BCUT2D eigenvalue weighted by atomic mass is 16.2. The molecule has 6 heteroatoms. The maximum atomic E-state index is 12.6. The Hall–Kier alpha value is -2.18. The van der Waals surface area contributed by atoms with E-state index < -0.39 is 0 Å². The van der Waals surface area contributed by atoms with Gasteiger partial charge in [0.1, 0.15) is 0 Å². The van der Waals surface area contributed by atoms with Crippen molar-refractivity contribution < 1.29 is 4.79 Å². The average molecular weight is 353 g/mol. The van der Waals surface area contributed by atoms with Crippen molar-refractivity contribution in [1.29, 1.82) is 0 Å². The minimum atomic E-state index is -0.0334. The minimum absolute atomic E-state index is 0.0334. The van der Waals surface area contributed by atoms with E-state index in [1.165, 1.54) is 5.56 Å². The summed E-state index contributed by atoms with van der Waals surface area (Å²) in [4.78, 5) is 15.1. The molecule has 26 heavy (non-hydrogen) atoms. The van der Waals surface area contributed by atoms with Crippen molar-refractivity contribution in [2.24, 2.45) is 0 Å². The molecule has 2 aliphatic heterocycles. The van der Waals surface area contributed by atoms with Crippen molar-refractivity contribution in [1.82, 2.24) is 25.7 Å². The zero-order valence-corrected chi connectivity index (χ0v) is 15.1. The molecule has 2 aromatic rings. The van der Waals surface area contributed by atoms with Gasteiger partial charge in [0.05, 0.1) is 0 Å². The Balaban J connectivity index is 1.25. The number of aromatic nitrogens is 2.